The van der Waals surface area contributed by atoms with Crippen LogP contribution < -0.4 is 0 Å². The van der Waals surface area contributed by atoms with Gasteiger partial charge in [0.1, 0.15) is 0 Å². The SMILES string of the molecule is CC1=[C-]C(C)(C)C(C)=C1C.CC[Si](CC)CC.CC[Si](CC)CC.[Rh]. The Balaban J connectivity index is -0.000000293. The van der Waals surface area contributed by atoms with Crippen molar-refractivity contribution in [1.29, 1.82) is 0 Å². The van der Waals surface area contributed by atoms with Crippen LogP contribution >= 0.6 is 0 Å². The Hall–Kier alpha value is 0.537. The van der Waals surface area contributed by atoms with Gasteiger partial charge in [-0.1, -0.05) is 111 Å². The molecule has 0 aliphatic heterocycles. The average Bonchev–Trinajstić information content (AvgIpc) is 2.74. The summed E-state index contributed by atoms with van der Waals surface area (Å²) in [5.74, 6) is 0. The van der Waals surface area contributed by atoms with Gasteiger partial charge in [-0.3, -0.25) is 6.08 Å². The van der Waals surface area contributed by atoms with E-state index in [4.69, 9.17) is 0 Å². The molecule has 0 fully saturated rings. The molecule has 0 aromatic rings. The van der Waals surface area contributed by atoms with E-state index in [0.29, 0.717) is 0 Å². The number of hydrogen-bond donors (Lipinski definition) is 0. The third-order valence-corrected chi connectivity index (χ3v) is 11.6. The second-order valence-corrected chi connectivity index (χ2v) is 14.5. The van der Waals surface area contributed by atoms with Crippen molar-refractivity contribution in [2.24, 2.45) is 5.41 Å². The van der Waals surface area contributed by atoms with Crippen LogP contribution in [0.25, 0.3) is 0 Å². The fourth-order valence-electron chi connectivity index (χ4n) is 2.91. The average molecular weight is 469 g/mol. The topological polar surface area (TPSA) is 0 Å². The summed E-state index contributed by atoms with van der Waals surface area (Å²) in [5, 5.41) is 0. The van der Waals surface area contributed by atoms with Crippen LogP contribution in [0.2, 0.25) is 36.3 Å². The van der Waals surface area contributed by atoms with Crippen molar-refractivity contribution in [3.63, 3.8) is 0 Å². The molecule has 0 saturated carbocycles. The van der Waals surface area contributed by atoms with E-state index in [0.717, 1.165) is 0 Å². The van der Waals surface area contributed by atoms with Crippen LogP contribution in [0.3, 0.4) is 0 Å². The molecule has 1 rings (SSSR count). The molecule has 3 radical (unpaired) electrons. The predicted octanol–water partition coefficient (Wildman–Crippen LogP) is 8.19. The van der Waals surface area contributed by atoms with Crippen molar-refractivity contribution < 1.29 is 19.5 Å². The molecule has 1 aliphatic rings. The van der Waals surface area contributed by atoms with E-state index in [1.807, 2.05) is 0 Å². The maximum Gasteiger partial charge on any atom is 0.0470 e. The Morgan fingerprint density at radius 1 is 0.680 bits per heavy atom. The van der Waals surface area contributed by atoms with Crippen molar-refractivity contribution in [1.82, 2.24) is 0 Å². The molecule has 0 aromatic carbocycles. The molecule has 0 bridgehead atoms. The number of hydrogen-bond acceptors (Lipinski definition) is 0. The standard InChI is InChI=1S/C10H15.2C6H15Si.Rh/c1-7-6-10(4,5)9(3)8(7)2;2*1-4-7(5-2)6-3;/h1-5H3;2*4-6H2,1-3H3;/q-1;;;. The second kappa shape index (κ2) is 16.7. The summed E-state index contributed by atoms with van der Waals surface area (Å²) in [5.41, 5.74) is 4.39. The number of allylic oxidation sites excluding steroid dienone is 4. The van der Waals surface area contributed by atoms with Crippen LogP contribution in [0.5, 0.6) is 0 Å². The first-order chi connectivity index (χ1) is 11.1. The predicted molar refractivity (Wildman–Crippen MR) is 119 cm³/mol. The van der Waals surface area contributed by atoms with Gasteiger partial charge in [0.25, 0.3) is 0 Å². The quantitative estimate of drug-likeness (QED) is 0.272. The van der Waals surface area contributed by atoms with Gasteiger partial charge in [-0.05, 0) is 0 Å². The maximum atomic E-state index is 3.44. The molecule has 0 amide bonds. The monoisotopic (exact) mass is 468 g/mol. The molecule has 151 valence electrons. The smallest absolute Gasteiger partial charge is 0.0470 e. The molecular weight excluding hydrogens is 423 g/mol. The number of rotatable bonds is 6. The fourth-order valence-corrected chi connectivity index (χ4v) is 5.91. The van der Waals surface area contributed by atoms with E-state index in [1.54, 1.807) is 0 Å². The molecule has 0 aromatic heterocycles. The molecule has 0 atom stereocenters. The van der Waals surface area contributed by atoms with E-state index in [1.165, 1.54) is 53.0 Å². The first-order valence-corrected chi connectivity index (χ1v) is 14.4. The summed E-state index contributed by atoms with van der Waals surface area (Å²) in [6, 6.07) is 8.74. The molecule has 1 aliphatic carbocycles. The largest absolute Gasteiger partial charge is 0.263 e. The second-order valence-electron chi connectivity index (χ2n) is 7.25. The van der Waals surface area contributed by atoms with Crippen molar-refractivity contribution in [3.8, 4) is 0 Å². The Labute approximate surface area is 177 Å². The molecule has 25 heavy (non-hydrogen) atoms. The van der Waals surface area contributed by atoms with E-state index in [9.17, 15) is 0 Å². The minimum Gasteiger partial charge on any atom is -0.263 e. The molecule has 0 unspecified atom stereocenters. The van der Waals surface area contributed by atoms with Crippen LogP contribution in [-0.4, -0.2) is 17.6 Å². The van der Waals surface area contributed by atoms with Gasteiger partial charge in [0, 0.05) is 37.1 Å². The van der Waals surface area contributed by atoms with E-state index < -0.39 is 0 Å². The zero-order valence-electron chi connectivity index (χ0n) is 19.1. The Morgan fingerprint density at radius 2 is 0.960 bits per heavy atom. The summed E-state index contributed by atoms with van der Waals surface area (Å²) in [6.07, 6.45) is 3.44. The first kappa shape index (κ1) is 30.3. The zero-order chi connectivity index (χ0) is 19.3. The van der Waals surface area contributed by atoms with Gasteiger partial charge in [-0.2, -0.15) is 11.1 Å². The summed E-state index contributed by atoms with van der Waals surface area (Å²) in [4.78, 5) is 0. The third-order valence-electron chi connectivity index (χ3n) is 5.56. The molecule has 3 heteroatoms. The third kappa shape index (κ3) is 12.5. The van der Waals surface area contributed by atoms with Gasteiger partial charge in [-0.25, -0.2) is 5.57 Å². The van der Waals surface area contributed by atoms with Gasteiger partial charge in [0.2, 0.25) is 0 Å². The van der Waals surface area contributed by atoms with E-state index in [-0.39, 0.29) is 42.5 Å². The molecular formula is C22H45RhSi2-. The zero-order valence-corrected chi connectivity index (χ0v) is 22.7. The molecule has 0 heterocycles. The summed E-state index contributed by atoms with van der Waals surface area (Å²) in [7, 11) is 0.275. The minimum absolute atomic E-state index is 0. The van der Waals surface area contributed by atoms with Gasteiger partial charge in [0.05, 0.1) is 0 Å². The molecule has 0 saturated heterocycles. The summed E-state index contributed by atoms with van der Waals surface area (Å²) < 4.78 is 0. The molecule has 0 spiro atoms. The van der Waals surface area contributed by atoms with E-state index >= 15 is 0 Å². The Morgan fingerprint density at radius 3 is 1.00 bits per heavy atom. The van der Waals surface area contributed by atoms with Crippen molar-refractivity contribution in [2.75, 3.05) is 0 Å². The van der Waals surface area contributed by atoms with Crippen molar-refractivity contribution >= 4 is 17.6 Å². The molecule has 0 nitrogen and oxygen atoms in total. The van der Waals surface area contributed by atoms with Gasteiger partial charge in [-0.15, -0.1) is 6.92 Å². The normalized spacial score (nSPS) is 15.2. The van der Waals surface area contributed by atoms with Crippen LogP contribution in [0, 0.1) is 11.5 Å². The summed E-state index contributed by atoms with van der Waals surface area (Å²) >= 11 is 0. The van der Waals surface area contributed by atoms with Gasteiger partial charge < -0.3 is 0 Å². The first-order valence-electron chi connectivity index (χ1n) is 10.1. The van der Waals surface area contributed by atoms with Gasteiger partial charge in [0.15, 0.2) is 0 Å². The molecule has 0 N–H and O–H groups in total. The Kier molecular flexibility index (Phi) is 20.2. The fraction of sp³-hybridized carbons (Fsp3) is 0.818. The summed E-state index contributed by atoms with van der Waals surface area (Å²) in [6.45, 7) is 24.8. The van der Waals surface area contributed by atoms with Crippen molar-refractivity contribution in [3.05, 3.63) is 22.8 Å². The van der Waals surface area contributed by atoms with Crippen LogP contribution in [0.15, 0.2) is 16.7 Å². The van der Waals surface area contributed by atoms with Crippen LogP contribution in [0.4, 0.5) is 0 Å². The van der Waals surface area contributed by atoms with Crippen molar-refractivity contribution in [2.45, 2.75) is 112 Å². The maximum absolute atomic E-state index is 3.44. The van der Waals surface area contributed by atoms with Crippen LogP contribution in [0.1, 0.15) is 76.2 Å². The van der Waals surface area contributed by atoms with E-state index in [2.05, 4.69) is 82.2 Å². The van der Waals surface area contributed by atoms with Crippen LogP contribution in [-0.2, 0) is 19.5 Å². The Bertz CT molecular complexity index is 352. The minimum atomic E-state index is 0. The van der Waals surface area contributed by atoms with Gasteiger partial charge >= 0.3 is 0 Å².